The monoisotopic (exact) mass is 248 g/mol. The molecule has 2 rings (SSSR count). The molecule has 3 N–H and O–H groups in total. The maximum atomic E-state index is 5.89. The summed E-state index contributed by atoms with van der Waals surface area (Å²) in [4.78, 5) is 0. The van der Waals surface area contributed by atoms with Crippen molar-refractivity contribution in [1.82, 2.24) is 5.43 Å². The average molecular weight is 248 g/mol. The molecule has 1 aliphatic rings. The Kier molecular flexibility index (Phi) is 5.17. The van der Waals surface area contributed by atoms with Crippen molar-refractivity contribution in [2.45, 2.75) is 44.8 Å². The molecule has 0 bridgehead atoms. The predicted octanol–water partition coefficient (Wildman–Crippen LogP) is 2.79. The van der Waals surface area contributed by atoms with Gasteiger partial charge in [0.15, 0.2) is 0 Å². The van der Waals surface area contributed by atoms with Gasteiger partial charge in [-0.2, -0.15) is 0 Å². The maximum Gasteiger partial charge on any atom is 0.0991 e. The highest BCUT2D eigenvalue weighted by molar-refractivity contribution is 5.19. The van der Waals surface area contributed by atoms with E-state index in [9.17, 15) is 0 Å². The van der Waals surface area contributed by atoms with Crippen LogP contribution in [0.1, 0.15) is 44.3 Å². The molecule has 2 atom stereocenters. The fourth-order valence-electron chi connectivity index (χ4n) is 2.41. The lowest BCUT2D eigenvalue weighted by molar-refractivity contribution is 0.0299. The van der Waals surface area contributed by atoms with Crippen molar-refractivity contribution < 1.29 is 4.74 Å². The second-order valence-electron chi connectivity index (χ2n) is 5.08. The molecule has 100 valence electrons. The summed E-state index contributed by atoms with van der Waals surface area (Å²) >= 11 is 0. The summed E-state index contributed by atoms with van der Waals surface area (Å²) in [5, 5.41) is 0. The van der Waals surface area contributed by atoms with Gasteiger partial charge in [0.25, 0.3) is 0 Å². The van der Waals surface area contributed by atoms with Crippen LogP contribution in [0.3, 0.4) is 0 Å². The molecule has 1 fully saturated rings. The summed E-state index contributed by atoms with van der Waals surface area (Å²) in [6.07, 6.45) is 5.18. The smallest absolute Gasteiger partial charge is 0.0991 e. The molecule has 1 aliphatic carbocycles. The molecule has 3 nitrogen and oxygen atoms in total. The number of nitrogens with two attached hydrogens (primary N) is 1. The highest BCUT2D eigenvalue weighted by Gasteiger charge is 2.27. The van der Waals surface area contributed by atoms with Crippen LogP contribution in [0.2, 0.25) is 0 Å². The molecule has 0 spiro atoms. The summed E-state index contributed by atoms with van der Waals surface area (Å²) in [7, 11) is 0. The summed E-state index contributed by atoms with van der Waals surface area (Å²) in [5.41, 5.74) is 4.15. The first-order chi connectivity index (χ1) is 8.85. The molecule has 1 aromatic rings. The summed E-state index contributed by atoms with van der Waals surface area (Å²) < 4.78 is 5.89. The number of benzene rings is 1. The molecule has 18 heavy (non-hydrogen) atoms. The zero-order chi connectivity index (χ0) is 12.8. The topological polar surface area (TPSA) is 47.3 Å². The summed E-state index contributed by atoms with van der Waals surface area (Å²) in [6.45, 7) is 2.74. The molecule has 2 unspecified atom stereocenters. The Morgan fingerprint density at radius 3 is 2.61 bits per heavy atom. The van der Waals surface area contributed by atoms with Gasteiger partial charge in [-0.15, -0.1) is 0 Å². The Morgan fingerprint density at radius 2 is 2.06 bits per heavy atom. The Labute approximate surface area is 110 Å². The molecule has 0 amide bonds. The normalized spacial score (nSPS) is 18.6. The van der Waals surface area contributed by atoms with E-state index >= 15 is 0 Å². The van der Waals surface area contributed by atoms with Gasteiger partial charge in [0.1, 0.15) is 0 Å². The van der Waals surface area contributed by atoms with Gasteiger partial charge in [-0.25, -0.2) is 0 Å². The zero-order valence-electron chi connectivity index (χ0n) is 11.1. The lowest BCUT2D eigenvalue weighted by atomic mass is 9.97. The molecular formula is C15H24N2O. The first-order valence-electron chi connectivity index (χ1n) is 6.97. The van der Waals surface area contributed by atoms with Gasteiger partial charge in [0, 0.05) is 6.61 Å². The van der Waals surface area contributed by atoms with Crippen LogP contribution in [0.15, 0.2) is 30.3 Å². The number of hydrogen-bond acceptors (Lipinski definition) is 3. The van der Waals surface area contributed by atoms with Crippen LogP contribution in [0, 0.1) is 5.92 Å². The van der Waals surface area contributed by atoms with Crippen LogP contribution >= 0.6 is 0 Å². The molecular weight excluding hydrogens is 224 g/mol. The van der Waals surface area contributed by atoms with E-state index in [1.807, 2.05) is 13.0 Å². The molecule has 0 aromatic heterocycles. The number of hydrazine groups is 1. The lowest BCUT2D eigenvalue weighted by Gasteiger charge is -2.27. The third-order valence-electron chi connectivity index (χ3n) is 3.64. The van der Waals surface area contributed by atoms with E-state index in [1.165, 1.54) is 24.8 Å². The van der Waals surface area contributed by atoms with Gasteiger partial charge in [-0.1, -0.05) is 43.2 Å². The Bertz CT molecular complexity index is 338. The first kappa shape index (κ1) is 13.5. The largest absolute Gasteiger partial charge is 0.372 e. The first-order valence-corrected chi connectivity index (χ1v) is 6.97. The van der Waals surface area contributed by atoms with Gasteiger partial charge in [0.2, 0.25) is 0 Å². The number of hydrogen-bond donors (Lipinski definition) is 2. The fraction of sp³-hybridized carbons (Fsp3) is 0.600. The van der Waals surface area contributed by atoms with Crippen molar-refractivity contribution in [3.8, 4) is 0 Å². The molecule has 0 saturated heterocycles. The van der Waals surface area contributed by atoms with Crippen LogP contribution in [-0.4, -0.2) is 12.6 Å². The third kappa shape index (κ3) is 3.80. The van der Waals surface area contributed by atoms with Gasteiger partial charge >= 0.3 is 0 Å². The maximum absolute atomic E-state index is 5.89. The van der Waals surface area contributed by atoms with E-state index in [-0.39, 0.29) is 12.1 Å². The Balaban J connectivity index is 2.00. The summed E-state index contributed by atoms with van der Waals surface area (Å²) in [5.74, 6) is 6.65. The van der Waals surface area contributed by atoms with E-state index in [1.54, 1.807) is 0 Å². The van der Waals surface area contributed by atoms with E-state index in [2.05, 4.69) is 29.7 Å². The van der Waals surface area contributed by atoms with Crippen LogP contribution in [0.4, 0.5) is 0 Å². The van der Waals surface area contributed by atoms with Crippen LogP contribution in [-0.2, 0) is 4.74 Å². The van der Waals surface area contributed by atoms with Gasteiger partial charge < -0.3 is 4.74 Å². The van der Waals surface area contributed by atoms with Crippen molar-refractivity contribution in [2.24, 2.45) is 11.8 Å². The Hall–Kier alpha value is -0.900. The molecule has 1 aromatic carbocycles. The molecule has 0 heterocycles. The quantitative estimate of drug-likeness (QED) is 0.549. The average Bonchev–Trinajstić information content (AvgIpc) is 3.23. The van der Waals surface area contributed by atoms with Crippen molar-refractivity contribution in [2.75, 3.05) is 6.61 Å². The minimum Gasteiger partial charge on any atom is -0.372 e. The van der Waals surface area contributed by atoms with Crippen molar-refractivity contribution in [3.63, 3.8) is 0 Å². The molecule has 1 saturated carbocycles. The fourth-order valence-corrected chi connectivity index (χ4v) is 2.41. The lowest BCUT2D eigenvalue weighted by Crippen LogP contribution is -2.41. The minimum atomic E-state index is 0.0555. The van der Waals surface area contributed by atoms with E-state index in [4.69, 9.17) is 10.6 Å². The van der Waals surface area contributed by atoms with Crippen LogP contribution in [0.25, 0.3) is 0 Å². The molecule has 0 aliphatic heterocycles. The highest BCUT2D eigenvalue weighted by Crippen LogP contribution is 2.35. The van der Waals surface area contributed by atoms with Gasteiger partial charge in [-0.05, 0) is 31.2 Å². The molecule has 3 heteroatoms. The number of rotatable bonds is 8. The van der Waals surface area contributed by atoms with Crippen molar-refractivity contribution in [1.29, 1.82) is 0 Å². The van der Waals surface area contributed by atoms with E-state index < -0.39 is 0 Å². The predicted molar refractivity (Wildman–Crippen MR) is 73.9 cm³/mol. The van der Waals surface area contributed by atoms with Crippen molar-refractivity contribution in [3.05, 3.63) is 35.9 Å². The number of ether oxygens (including phenoxy) is 1. The van der Waals surface area contributed by atoms with Gasteiger partial charge in [0.05, 0.1) is 12.1 Å². The SMILES string of the molecule is CCOC(c1ccccc1)C(CCC1CC1)NN. The Morgan fingerprint density at radius 1 is 1.33 bits per heavy atom. The zero-order valence-corrected chi connectivity index (χ0v) is 11.1. The third-order valence-corrected chi connectivity index (χ3v) is 3.64. The second kappa shape index (κ2) is 6.88. The van der Waals surface area contributed by atoms with Gasteiger partial charge in [-0.3, -0.25) is 11.3 Å². The van der Waals surface area contributed by atoms with E-state index in [0.29, 0.717) is 6.61 Å². The molecule has 0 radical (unpaired) electrons. The van der Waals surface area contributed by atoms with Crippen molar-refractivity contribution >= 4 is 0 Å². The van der Waals surface area contributed by atoms with E-state index in [0.717, 1.165) is 12.3 Å². The van der Waals surface area contributed by atoms with Crippen LogP contribution in [0.5, 0.6) is 0 Å². The van der Waals surface area contributed by atoms with Crippen LogP contribution < -0.4 is 11.3 Å². The standard InChI is InChI=1S/C15H24N2O/c1-2-18-15(13-6-4-3-5-7-13)14(17-16)11-10-12-8-9-12/h3-7,12,14-15,17H,2,8-11,16H2,1H3. The summed E-state index contributed by atoms with van der Waals surface area (Å²) in [6, 6.07) is 10.6. The number of nitrogens with one attached hydrogen (secondary N) is 1. The minimum absolute atomic E-state index is 0.0555. The second-order valence-corrected chi connectivity index (χ2v) is 5.08. The highest BCUT2D eigenvalue weighted by atomic mass is 16.5.